The lowest BCUT2D eigenvalue weighted by atomic mass is 9.94. The van der Waals surface area contributed by atoms with E-state index in [1.54, 1.807) is 30.6 Å². The van der Waals surface area contributed by atoms with E-state index < -0.39 is 11.5 Å². The molecule has 34 heavy (non-hydrogen) atoms. The Kier molecular flexibility index (Phi) is 7.75. The van der Waals surface area contributed by atoms with Gasteiger partial charge in [-0.3, -0.25) is 18.7 Å². The highest BCUT2D eigenvalue weighted by Crippen LogP contribution is 2.27. The van der Waals surface area contributed by atoms with Crippen LogP contribution in [0.3, 0.4) is 0 Å². The fourth-order valence-electron chi connectivity index (χ4n) is 4.68. The summed E-state index contributed by atoms with van der Waals surface area (Å²) < 4.78 is 2.70. The average Bonchev–Trinajstić information content (AvgIpc) is 3.39. The number of imidazole rings is 1. The van der Waals surface area contributed by atoms with Gasteiger partial charge in [0.1, 0.15) is 6.54 Å². The number of halogens is 1. The van der Waals surface area contributed by atoms with Gasteiger partial charge >= 0.3 is 5.69 Å². The third-order valence-corrected chi connectivity index (χ3v) is 7.00. The quantitative estimate of drug-likeness (QED) is 0.440. The van der Waals surface area contributed by atoms with Crippen LogP contribution in [-0.2, 0) is 11.3 Å². The highest BCUT2D eigenvalue weighted by molar-refractivity contribution is 6.33. The van der Waals surface area contributed by atoms with E-state index in [0.717, 1.165) is 45.2 Å². The van der Waals surface area contributed by atoms with E-state index in [1.807, 2.05) is 0 Å². The number of carbonyl (C=O) groups excluding carboxylic acids is 2. The Morgan fingerprint density at radius 2 is 1.94 bits per heavy atom. The summed E-state index contributed by atoms with van der Waals surface area (Å²) >= 11 is 6.28. The van der Waals surface area contributed by atoms with Crippen molar-refractivity contribution in [2.45, 2.75) is 63.1 Å². The minimum atomic E-state index is -0.903. The van der Waals surface area contributed by atoms with E-state index in [4.69, 9.17) is 11.6 Å². The second-order valence-corrected chi connectivity index (χ2v) is 9.73. The zero-order valence-electron chi connectivity index (χ0n) is 19.2. The molecule has 2 aromatic rings. The summed E-state index contributed by atoms with van der Waals surface area (Å²) in [5.41, 5.74) is -0.602. The van der Waals surface area contributed by atoms with Crippen LogP contribution in [0.4, 0.5) is 0 Å². The molecule has 1 unspecified atom stereocenters. The van der Waals surface area contributed by atoms with E-state index in [0.29, 0.717) is 18.5 Å². The molecule has 1 aliphatic heterocycles. The molecule has 1 saturated carbocycles. The number of benzene rings is 1. The minimum absolute atomic E-state index is 0.0815. The summed E-state index contributed by atoms with van der Waals surface area (Å²) in [6, 6.07) is 4.84. The molecule has 1 saturated heterocycles. The van der Waals surface area contributed by atoms with Crippen molar-refractivity contribution >= 4 is 23.4 Å². The molecule has 184 valence electrons. The molecule has 1 aromatic carbocycles. The molecule has 4 N–H and O–H groups in total. The largest absolute Gasteiger partial charge is 0.388 e. The molecule has 2 heterocycles. The first-order valence-electron chi connectivity index (χ1n) is 11.9. The maximum Gasteiger partial charge on any atom is 0.333 e. The number of nitrogens with one attached hydrogen (secondary N) is 3. The number of rotatable bonds is 7. The zero-order valence-corrected chi connectivity index (χ0v) is 19.9. The van der Waals surface area contributed by atoms with Gasteiger partial charge in [-0.1, -0.05) is 37.3 Å². The van der Waals surface area contributed by atoms with Gasteiger partial charge in [0, 0.05) is 31.5 Å². The van der Waals surface area contributed by atoms with Crippen molar-refractivity contribution in [3.05, 3.63) is 51.7 Å². The van der Waals surface area contributed by atoms with Gasteiger partial charge in [-0.2, -0.15) is 0 Å². The van der Waals surface area contributed by atoms with Gasteiger partial charge in [-0.25, -0.2) is 4.79 Å². The van der Waals surface area contributed by atoms with Gasteiger partial charge in [0.15, 0.2) is 0 Å². The van der Waals surface area contributed by atoms with Crippen LogP contribution < -0.4 is 21.6 Å². The number of hydrogen-bond donors (Lipinski definition) is 4. The van der Waals surface area contributed by atoms with Gasteiger partial charge in [-0.05, 0) is 44.0 Å². The molecule has 2 amide bonds. The summed E-state index contributed by atoms with van der Waals surface area (Å²) in [7, 11) is 0. The lowest BCUT2D eigenvalue weighted by Crippen LogP contribution is -2.42. The second-order valence-electron chi connectivity index (χ2n) is 9.32. The Hall–Kier alpha value is -2.62. The highest BCUT2D eigenvalue weighted by atomic mass is 35.5. The summed E-state index contributed by atoms with van der Waals surface area (Å²) in [5.74, 6) is -0.622. The van der Waals surface area contributed by atoms with Crippen LogP contribution in [0.25, 0.3) is 5.69 Å². The molecule has 2 fully saturated rings. The third kappa shape index (κ3) is 5.89. The molecule has 10 heteroatoms. The third-order valence-electron chi connectivity index (χ3n) is 6.67. The van der Waals surface area contributed by atoms with Crippen molar-refractivity contribution in [3.8, 4) is 5.69 Å². The molecule has 0 bridgehead atoms. The molecule has 0 spiro atoms. The predicted molar refractivity (Wildman–Crippen MR) is 129 cm³/mol. The van der Waals surface area contributed by atoms with Crippen LogP contribution in [0.15, 0.2) is 35.4 Å². The van der Waals surface area contributed by atoms with Crippen molar-refractivity contribution in [1.29, 1.82) is 0 Å². The van der Waals surface area contributed by atoms with Crippen LogP contribution in [0.2, 0.25) is 5.02 Å². The Morgan fingerprint density at radius 3 is 2.65 bits per heavy atom. The van der Waals surface area contributed by atoms with Gasteiger partial charge in [0.2, 0.25) is 5.91 Å². The first-order valence-corrected chi connectivity index (χ1v) is 12.3. The standard InChI is InChI=1S/C24H32ClN5O4/c25-20-6-5-18(13-19(20)22(32)27-16-24(34)8-3-1-2-4-9-24)30-12-11-29(23(30)33)15-21(31)28-17-7-10-26-14-17/h5-6,11-13,17,26,34H,1-4,7-10,14-16H2,(H,27,32)(H,28,31). The Bertz CT molecular complexity index is 1080. The van der Waals surface area contributed by atoms with Crippen LogP contribution in [0.5, 0.6) is 0 Å². The van der Waals surface area contributed by atoms with E-state index in [1.165, 1.54) is 9.13 Å². The molecule has 1 atom stereocenters. The predicted octanol–water partition coefficient (Wildman–Crippen LogP) is 1.59. The van der Waals surface area contributed by atoms with Crippen molar-refractivity contribution in [2.75, 3.05) is 19.6 Å². The fourth-order valence-corrected chi connectivity index (χ4v) is 4.88. The van der Waals surface area contributed by atoms with E-state index >= 15 is 0 Å². The maximum atomic E-state index is 12.9. The van der Waals surface area contributed by atoms with Crippen LogP contribution in [0.1, 0.15) is 55.3 Å². The Balaban J connectivity index is 1.44. The Labute approximate surface area is 203 Å². The molecule has 2 aliphatic rings. The van der Waals surface area contributed by atoms with E-state index in [9.17, 15) is 19.5 Å². The van der Waals surface area contributed by atoms with E-state index in [-0.39, 0.29) is 41.3 Å². The lowest BCUT2D eigenvalue weighted by molar-refractivity contribution is -0.122. The summed E-state index contributed by atoms with van der Waals surface area (Å²) in [5, 5.41) is 20.0. The van der Waals surface area contributed by atoms with Crippen molar-refractivity contribution in [3.63, 3.8) is 0 Å². The van der Waals surface area contributed by atoms with Gasteiger partial charge < -0.3 is 21.1 Å². The average molecular weight is 490 g/mol. The van der Waals surface area contributed by atoms with Crippen LogP contribution in [0, 0.1) is 0 Å². The van der Waals surface area contributed by atoms with Gasteiger partial charge in [0.25, 0.3) is 5.91 Å². The van der Waals surface area contributed by atoms with Gasteiger partial charge in [-0.15, -0.1) is 0 Å². The number of amides is 2. The van der Waals surface area contributed by atoms with Crippen molar-refractivity contribution in [2.24, 2.45) is 0 Å². The first-order chi connectivity index (χ1) is 16.3. The first kappa shape index (κ1) is 24.5. The number of aliphatic hydroxyl groups is 1. The highest BCUT2D eigenvalue weighted by Gasteiger charge is 2.29. The summed E-state index contributed by atoms with van der Waals surface area (Å²) in [4.78, 5) is 38.1. The monoisotopic (exact) mass is 489 g/mol. The minimum Gasteiger partial charge on any atom is -0.388 e. The van der Waals surface area contributed by atoms with Gasteiger partial charge in [0.05, 0.1) is 21.9 Å². The molecule has 1 aliphatic carbocycles. The maximum absolute atomic E-state index is 12.9. The molecule has 0 radical (unpaired) electrons. The van der Waals surface area contributed by atoms with Crippen LogP contribution in [-0.4, -0.2) is 57.3 Å². The van der Waals surface area contributed by atoms with E-state index in [2.05, 4.69) is 16.0 Å². The summed E-state index contributed by atoms with van der Waals surface area (Å²) in [6.07, 6.45) is 9.38. The molecule has 9 nitrogen and oxygen atoms in total. The smallest absolute Gasteiger partial charge is 0.333 e. The zero-order chi connectivity index (χ0) is 24.1. The SMILES string of the molecule is O=C(Cn1ccn(-c2ccc(Cl)c(C(=O)NCC3(O)CCCCCC3)c2)c1=O)NC1CCNC1. The lowest BCUT2D eigenvalue weighted by Gasteiger charge is -2.26. The fraction of sp³-hybridized carbons (Fsp3) is 0.542. The van der Waals surface area contributed by atoms with Crippen molar-refractivity contribution < 1.29 is 14.7 Å². The normalized spacial score (nSPS) is 20.0. The number of hydrogen-bond acceptors (Lipinski definition) is 5. The van der Waals surface area contributed by atoms with Crippen LogP contribution >= 0.6 is 11.6 Å². The number of carbonyl (C=O) groups is 2. The van der Waals surface area contributed by atoms with Crippen molar-refractivity contribution in [1.82, 2.24) is 25.1 Å². The molecular formula is C24H32ClN5O4. The molecule has 4 rings (SSSR count). The number of aromatic nitrogens is 2. The molecule has 1 aromatic heterocycles. The molecular weight excluding hydrogens is 458 g/mol. The Morgan fingerprint density at radius 1 is 1.18 bits per heavy atom. The number of nitrogens with zero attached hydrogens (tertiary/aromatic N) is 2. The topological polar surface area (TPSA) is 117 Å². The second kappa shape index (κ2) is 10.8. The summed E-state index contributed by atoms with van der Waals surface area (Å²) in [6.45, 7) is 1.68.